The van der Waals surface area contributed by atoms with E-state index in [2.05, 4.69) is 17.2 Å². The van der Waals surface area contributed by atoms with Crippen molar-refractivity contribution in [1.82, 2.24) is 14.8 Å². The second kappa shape index (κ2) is 8.04. The smallest absolute Gasteiger partial charge is 0.274 e. The van der Waals surface area contributed by atoms with E-state index in [9.17, 15) is 14.3 Å². The molecule has 2 heterocycles. The first-order valence-electron chi connectivity index (χ1n) is 10.8. The van der Waals surface area contributed by atoms with Gasteiger partial charge in [-0.05, 0) is 76.6 Å². The zero-order chi connectivity index (χ0) is 22.3. The summed E-state index contributed by atoms with van der Waals surface area (Å²) >= 11 is 0. The minimum atomic E-state index is -1.19. The maximum atomic E-state index is 13.5. The number of amides is 1. The highest BCUT2D eigenvalue weighted by molar-refractivity contribution is 6.04. The third-order valence-electron chi connectivity index (χ3n) is 6.18. The van der Waals surface area contributed by atoms with Crippen LogP contribution in [0.5, 0.6) is 0 Å². The SMILES string of the molecule is Cc1nc(C(=O)Nc2cc3cn(C4CCC(C)CC4)nc3cc2C(C)(C)O)ccc1F. The molecule has 0 radical (unpaired) electrons. The molecule has 2 aromatic heterocycles. The highest BCUT2D eigenvalue weighted by Gasteiger charge is 2.25. The Morgan fingerprint density at radius 2 is 1.94 bits per heavy atom. The van der Waals surface area contributed by atoms with E-state index in [4.69, 9.17) is 5.10 Å². The van der Waals surface area contributed by atoms with Crippen LogP contribution >= 0.6 is 0 Å². The summed E-state index contributed by atoms with van der Waals surface area (Å²) in [6, 6.07) is 6.62. The summed E-state index contributed by atoms with van der Waals surface area (Å²) in [5, 5.41) is 19.2. The number of aliphatic hydroxyl groups is 1. The van der Waals surface area contributed by atoms with E-state index in [1.165, 1.54) is 31.9 Å². The Labute approximate surface area is 181 Å². The van der Waals surface area contributed by atoms with Gasteiger partial charge in [-0.2, -0.15) is 5.10 Å². The minimum Gasteiger partial charge on any atom is -0.386 e. The first kappa shape index (κ1) is 21.4. The van der Waals surface area contributed by atoms with Gasteiger partial charge >= 0.3 is 0 Å². The van der Waals surface area contributed by atoms with Crippen molar-refractivity contribution in [3.63, 3.8) is 0 Å². The standard InChI is InChI=1S/C24H29FN4O2/c1-14-5-7-17(8-6-14)29-13-16-11-22(18(24(3,4)31)12-21(16)28-29)27-23(30)20-10-9-19(25)15(2)26-20/h9-14,17,31H,5-8H2,1-4H3,(H,27,30). The highest BCUT2D eigenvalue weighted by atomic mass is 19.1. The van der Waals surface area contributed by atoms with E-state index in [1.807, 2.05) is 23.0 Å². The summed E-state index contributed by atoms with van der Waals surface area (Å²) in [5.41, 5.74) is 0.930. The second-order valence-electron chi connectivity index (χ2n) is 9.26. The Balaban J connectivity index is 1.69. The quantitative estimate of drug-likeness (QED) is 0.610. The van der Waals surface area contributed by atoms with Crippen LogP contribution in [0.4, 0.5) is 10.1 Å². The van der Waals surface area contributed by atoms with Crippen LogP contribution in [-0.2, 0) is 5.60 Å². The van der Waals surface area contributed by atoms with Gasteiger partial charge in [0.25, 0.3) is 5.91 Å². The summed E-state index contributed by atoms with van der Waals surface area (Å²) in [5.74, 6) is -0.158. The van der Waals surface area contributed by atoms with Crippen LogP contribution in [0.25, 0.3) is 10.9 Å². The lowest BCUT2D eigenvalue weighted by atomic mass is 9.87. The number of anilines is 1. The van der Waals surface area contributed by atoms with Crippen LogP contribution in [0.3, 0.4) is 0 Å². The van der Waals surface area contributed by atoms with Gasteiger partial charge in [-0.15, -0.1) is 0 Å². The Kier molecular flexibility index (Phi) is 5.56. The van der Waals surface area contributed by atoms with E-state index in [-0.39, 0.29) is 11.4 Å². The van der Waals surface area contributed by atoms with Crippen molar-refractivity contribution in [1.29, 1.82) is 0 Å². The lowest BCUT2D eigenvalue weighted by Crippen LogP contribution is -2.21. The number of fused-ring (bicyclic) bond motifs is 1. The zero-order valence-electron chi connectivity index (χ0n) is 18.4. The number of carbonyl (C=O) groups is 1. The lowest BCUT2D eigenvalue weighted by Gasteiger charge is -2.26. The molecule has 1 aromatic carbocycles. The van der Waals surface area contributed by atoms with Gasteiger partial charge < -0.3 is 10.4 Å². The van der Waals surface area contributed by atoms with Crippen LogP contribution in [0.1, 0.15) is 74.2 Å². The van der Waals surface area contributed by atoms with E-state index >= 15 is 0 Å². The van der Waals surface area contributed by atoms with Crippen LogP contribution < -0.4 is 5.32 Å². The molecule has 7 heteroatoms. The Morgan fingerprint density at radius 1 is 1.23 bits per heavy atom. The number of halogens is 1. The number of aromatic nitrogens is 3. The number of carbonyl (C=O) groups excluding carboxylic acids is 1. The predicted octanol–water partition coefficient (Wildman–Crippen LogP) is 5.11. The van der Waals surface area contributed by atoms with Crippen molar-refractivity contribution in [2.45, 2.75) is 65.0 Å². The molecule has 0 saturated heterocycles. The van der Waals surface area contributed by atoms with Crippen molar-refractivity contribution >= 4 is 22.5 Å². The van der Waals surface area contributed by atoms with Gasteiger partial charge in [0.1, 0.15) is 11.5 Å². The fraction of sp³-hybridized carbons (Fsp3) is 0.458. The van der Waals surface area contributed by atoms with Crippen molar-refractivity contribution in [3.05, 3.63) is 53.2 Å². The summed E-state index contributed by atoms with van der Waals surface area (Å²) < 4.78 is 15.6. The topological polar surface area (TPSA) is 80.0 Å². The molecule has 2 N–H and O–H groups in total. The molecule has 0 aliphatic heterocycles. The van der Waals surface area contributed by atoms with E-state index < -0.39 is 17.3 Å². The van der Waals surface area contributed by atoms with Crippen molar-refractivity contribution in [3.8, 4) is 0 Å². The highest BCUT2D eigenvalue weighted by Crippen LogP contribution is 2.35. The first-order chi connectivity index (χ1) is 14.6. The lowest BCUT2D eigenvalue weighted by molar-refractivity contribution is 0.0793. The predicted molar refractivity (Wildman–Crippen MR) is 119 cm³/mol. The molecule has 1 fully saturated rings. The Bertz CT molecular complexity index is 1120. The molecule has 164 valence electrons. The van der Waals surface area contributed by atoms with Gasteiger partial charge in [0.2, 0.25) is 0 Å². The molecule has 1 saturated carbocycles. The zero-order valence-corrected chi connectivity index (χ0v) is 18.4. The third-order valence-corrected chi connectivity index (χ3v) is 6.18. The fourth-order valence-corrected chi connectivity index (χ4v) is 4.25. The molecule has 3 aromatic rings. The number of nitrogens with zero attached hydrogens (tertiary/aromatic N) is 3. The van der Waals surface area contributed by atoms with Crippen molar-refractivity contribution in [2.24, 2.45) is 5.92 Å². The van der Waals surface area contributed by atoms with Crippen LogP contribution in [0.15, 0.2) is 30.5 Å². The molecule has 6 nitrogen and oxygen atoms in total. The van der Waals surface area contributed by atoms with Gasteiger partial charge in [-0.1, -0.05) is 6.92 Å². The number of pyridine rings is 1. The van der Waals surface area contributed by atoms with Gasteiger partial charge in [0.15, 0.2) is 0 Å². The fourth-order valence-electron chi connectivity index (χ4n) is 4.25. The maximum Gasteiger partial charge on any atom is 0.274 e. The first-order valence-corrected chi connectivity index (χ1v) is 10.8. The number of benzene rings is 1. The molecule has 31 heavy (non-hydrogen) atoms. The molecule has 1 amide bonds. The number of hydrogen-bond acceptors (Lipinski definition) is 4. The normalized spacial score (nSPS) is 19.5. The summed E-state index contributed by atoms with van der Waals surface area (Å²) in [6.45, 7) is 7.14. The maximum absolute atomic E-state index is 13.5. The van der Waals surface area contributed by atoms with Gasteiger partial charge in [-0.3, -0.25) is 9.48 Å². The number of aryl methyl sites for hydroxylation is 1. The molecule has 1 aliphatic carbocycles. The Morgan fingerprint density at radius 3 is 2.58 bits per heavy atom. The minimum absolute atomic E-state index is 0.118. The van der Waals surface area contributed by atoms with E-state index in [1.54, 1.807) is 13.8 Å². The molecule has 0 spiro atoms. The number of rotatable bonds is 4. The van der Waals surface area contributed by atoms with Crippen LogP contribution in [-0.4, -0.2) is 25.8 Å². The van der Waals surface area contributed by atoms with Gasteiger partial charge in [0.05, 0.1) is 22.9 Å². The third kappa shape index (κ3) is 4.46. The van der Waals surface area contributed by atoms with Crippen molar-refractivity contribution in [2.75, 3.05) is 5.32 Å². The van der Waals surface area contributed by atoms with Gasteiger partial charge in [0, 0.05) is 22.8 Å². The van der Waals surface area contributed by atoms with E-state index in [0.29, 0.717) is 17.3 Å². The number of hydrogen-bond donors (Lipinski definition) is 2. The summed E-state index contributed by atoms with van der Waals surface area (Å²) in [4.78, 5) is 16.8. The van der Waals surface area contributed by atoms with Crippen LogP contribution in [0.2, 0.25) is 0 Å². The van der Waals surface area contributed by atoms with Crippen LogP contribution in [0, 0.1) is 18.7 Å². The summed E-state index contributed by atoms with van der Waals surface area (Å²) in [6.07, 6.45) is 6.61. The second-order valence-corrected chi connectivity index (χ2v) is 9.26. The van der Waals surface area contributed by atoms with E-state index in [0.717, 1.165) is 29.7 Å². The average Bonchev–Trinajstić information content (AvgIpc) is 3.12. The van der Waals surface area contributed by atoms with Gasteiger partial charge in [-0.25, -0.2) is 9.37 Å². The summed E-state index contributed by atoms with van der Waals surface area (Å²) in [7, 11) is 0. The molecular formula is C24H29FN4O2. The molecular weight excluding hydrogens is 395 g/mol. The molecule has 0 atom stereocenters. The largest absolute Gasteiger partial charge is 0.386 e. The molecule has 0 bridgehead atoms. The number of nitrogens with one attached hydrogen (secondary N) is 1. The molecule has 0 unspecified atom stereocenters. The Hall–Kier alpha value is -2.80. The average molecular weight is 425 g/mol. The van der Waals surface area contributed by atoms with Crippen molar-refractivity contribution < 1.29 is 14.3 Å². The molecule has 4 rings (SSSR count). The molecule has 1 aliphatic rings. The monoisotopic (exact) mass is 424 g/mol.